The van der Waals surface area contributed by atoms with Gasteiger partial charge < -0.3 is 14.5 Å². The monoisotopic (exact) mass is 266 g/mol. The molecule has 1 saturated heterocycles. The molecule has 1 N–H and O–H groups in total. The highest BCUT2D eigenvalue weighted by Gasteiger charge is 2.18. The Balaban J connectivity index is 1.84. The zero-order valence-corrected chi connectivity index (χ0v) is 12.3. The maximum Gasteiger partial charge on any atom is 0.122 e. The summed E-state index contributed by atoms with van der Waals surface area (Å²) in [6.07, 6.45) is 2.13. The normalized spacial score (nSPS) is 21.2. The summed E-state index contributed by atoms with van der Waals surface area (Å²) in [6, 6.07) is 2.09. The Morgan fingerprint density at radius 1 is 1.47 bits per heavy atom. The van der Waals surface area contributed by atoms with E-state index in [1.165, 1.54) is 5.56 Å². The first-order valence-corrected chi connectivity index (χ1v) is 7.25. The van der Waals surface area contributed by atoms with Crippen LogP contribution in [0.25, 0.3) is 0 Å². The molecule has 0 bridgehead atoms. The Morgan fingerprint density at radius 2 is 2.32 bits per heavy atom. The Kier molecular flexibility index (Phi) is 5.43. The largest absolute Gasteiger partial charge is 0.468 e. The molecule has 2 heterocycles. The minimum Gasteiger partial charge on any atom is -0.468 e. The molecular weight excluding hydrogens is 240 g/mol. The van der Waals surface area contributed by atoms with E-state index in [1.54, 1.807) is 6.26 Å². The van der Waals surface area contributed by atoms with Crippen molar-refractivity contribution in [1.82, 2.24) is 10.2 Å². The van der Waals surface area contributed by atoms with E-state index < -0.39 is 0 Å². The summed E-state index contributed by atoms with van der Waals surface area (Å²) in [4.78, 5) is 2.44. The molecule has 0 aromatic carbocycles. The lowest BCUT2D eigenvalue weighted by Gasteiger charge is -2.30. The summed E-state index contributed by atoms with van der Waals surface area (Å²) >= 11 is 0. The molecule has 1 atom stereocenters. The van der Waals surface area contributed by atoms with Crippen LogP contribution in [0.4, 0.5) is 0 Å². The number of rotatable bonds is 6. The van der Waals surface area contributed by atoms with Crippen LogP contribution in [0.5, 0.6) is 0 Å². The predicted octanol–water partition coefficient (Wildman–Crippen LogP) is 2.25. The molecule has 1 aliphatic heterocycles. The van der Waals surface area contributed by atoms with Crippen molar-refractivity contribution in [2.24, 2.45) is 5.92 Å². The zero-order chi connectivity index (χ0) is 13.7. The molecule has 0 amide bonds. The maximum atomic E-state index is 5.59. The molecule has 4 heteroatoms. The third-order valence-corrected chi connectivity index (χ3v) is 3.39. The second-order valence-corrected chi connectivity index (χ2v) is 5.81. The van der Waals surface area contributed by atoms with Gasteiger partial charge in [0.1, 0.15) is 5.76 Å². The Morgan fingerprint density at radius 3 is 3.05 bits per heavy atom. The molecule has 1 fully saturated rings. The van der Waals surface area contributed by atoms with Crippen molar-refractivity contribution < 1.29 is 9.15 Å². The lowest BCUT2D eigenvalue weighted by molar-refractivity contribution is -0.0213. The Hall–Kier alpha value is -0.840. The van der Waals surface area contributed by atoms with E-state index in [0.29, 0.717) is 12.0 Å². The van der Waals surface area contributed by atoms with Crippen molar-refractivity contribution in [2.75, 3.05) is 26.2 Å². The molecule has 1 aromatic rings. The summed E-state index contributed by atoms with van der Waals surface area (Å²) in [5.41, 5.74) is 1.30. The van der Waals surface area contributed by atoms with Gasteiger partial charge in [-0.25, -0.2) is 0 Å². The maximum absolute atomic E-state index is 5.59. The standard InChI is InChI=1S/C15H26N2O2/c1-12(2)8-16-9-15-14(4-6-19-15)11-17-5-7-18-13(3)10-17/h4,6,12-13,16H,5,7-11H2,1-3H3. The van der Waals surface area contributed by atoms with Gasteiger partial charge in [-0.2, -0.15) is 0 Å². The second-order valence-electron chi connectivity index (χ2n) is 5.81. The fraction of sp³-hybridized carbons (Fsp3) is 0.733. The molecule has 1 aliphatic rings. The van der Waals surface area contributed by atoms with Crippen LogP contribution in [0.15, 0.2) is 16.7 Å². The predicted molar refractivity (Wildman–Crippen MR) is 75.9 cm³/mol. The van der Waals surface area contributed by atoms with Crippen LogP contribution in [-0.4, -0.2) is 37.2 Å². The van der Waals surface area contributed by atoms with Gasteiger partial charge in [0.15, 0.2) is 0 Å². The van der Waals surface area contributed by atoms with Crippen molar-refractivity contribution in [3.8, 4) is 0 Å². The number of nitrogens with zero attached hydrogens (tertiary/aromatic N) is 1. The molecule has 0 aliphatic carbocycles. The van der Waals surface area contributed by atoms with E-state index in [0.717, 1.165) is 45.1 Å². The highest BCUT2D eigenvalue weighted by molar-refractivity contribution is 5.17. The van der Waals surface area contributed by atoms with Gasteiger partial charge in [-0.1, -0.05) is 13.8 Å². The first kappa shape index (κ1) is 14.6. The van der Waals surface area contributed by atoms with E-state index in [1.807, 2.05) is 0 Å². The second kappa shape index (κ2) is 7.08. The van der Waals surface area contributed by atoms with Crippen LogP contribution in [0, 0.1) is 5.92 Å². The van der Waals surface area contributed by atoms with E-state index in [4.69, 9.17) is 9.15 Å². The van der Waals surface area contributed by atoms with Crippen molar-refractivity contribution in [3.63, 3.8) is 0 Å². The summed E-state index contributed by atoms with van der Waals surface area (Å²) in [5, 5.41) is 3.44. The van der Waals surface area contributed by atoms with Crippen LogP contribution in [0.1, 0.15) is 32.1 Å². The van der Waals surface area contributed by atoms with Gasteiger partial charge >= 0.3 is 0 Å². The summed E-state index contributed by atoms with van der Waals surface area (Å²) < 4.78 is 11.2. The molecule has 1 aromatic heterocycles. The van der Waals surface area contributed by atoms with Crippen LogP contribution >= 0.6 is 0 Å². The number of hydrogen-bond donors (Lipinski definition) is 1. The quantitative estimate of drug-likeness (QED) is 0.857. The summed E-state index contributed by atoms with van der Waals surface area (Å²) in [6.45, 7) is 12.2. The number of morpholine rings is 1. The van der Waals surface area contributed by atoms with Crippen molar-refractivity contribution in [2.45, 2.75) is 40.0 Å². The third-order valence-electron chi connectivity index (χ3n) is 3.39. The molecule has 1 unspecified atom stereocenters. The highest BCUT2D eigenvalue weighted by Crippen LogP contribution is 2.15. The molecule has 0 spiro atoms. The number of hydrogen-bond acceptors (Lipinski definition) is 4. The van der Waals surface area contributed by atoms with Crippen LogP contribution in [0.3, 0.4) is 0 Å². The van der Waals surface area contributed by atoms with E-state index >= 15 is 0 Å². The van der Waals surface area contributed by atoms with Gasteiger partial charge in [0.25, 0.3) is 0 Å². The third kappa shape index (κ3) is 4.64. The van der Waals surface area contributed by atoms with Gasteiger partial charge in [0, 0.05) is 25.2 Å². The number of nitrogens with one attached hydrogen (secondary N) is 1. The minimum atomic E-state index is 0.336. The van der Waals surface area contributed by atoms with E-state index in [9.17, 15) is 0 Å². The molecule has 4 nitrogen and oxygen atoms in total. The van der Waals surface area contributed by atoms with Crippen molar-refractivity contribution in [1.29, 1.82) is 0 Å². The number of furan rings is 1. The van der Waals surface area contributed by atoms with E-state index in [2.05, 4.69) is 37.1 Å². The van der Waals surface area contributed by atoms with Gasteiger partial charge in [-0.15, -0.1) is 0 Å². The van der Waals surface area contributed by atoms with Gasteiger partial charge in [-0.3, -0.25) is 4.90 Å². The van der Waals surface area contributed by atoms with Gasteiger partial charge in [-0.05, 0) is 25.5 Å². The minimum absolute atomic E-state index is 0.336. The SMILES string of the molecule is CC(C)CNCc1occc1CN1CCOC(C)C1. The summed E-state index contributed by atoms with van der Waals surface area (Å²) in [5.74, 6) is 1.73. The highest BCUT2D eigenvalue weighted by atomic mass is 16.5. The number of ether oxygens (including phenoxy) is 1. The molecular formula is C15H26N2O2. The first-order valence-electron chi connectivity index (χ1n) is 7.25. The average Bonchev–Trinajstić information content (AvgIpc) is 2.76. The van der Waals surface area contributed by atoms with Gasteiger partial charge in [0.05, 0.1) is 25.5 Å². The molecule has 19 heavy (non-hydrogen) atoms. The smallest absolute Gasteiger partial charge is 0.122 e. The lowest BCUT2D eigenvalue weighted by Crippen LogP contribution is -2.40. The summed E-state index contributed by atoms with van der Waals surface area (Å²) in [7, 11) is 0. The Bertz CT molecular complexity index is 376. The average molecular weight is 266 g/mol. The van der Waals surface area contributed by atoms with Crippen molar-refractivity contribution in [3.05, 3.63) is 23.7 Å². The molecule has 2 rings (SSSR count). The Labute approximate surface area is 116 Å². The lowest BCUT2D eigenvalue weighted by atomic mass is 10.2. The zero-order valence-electron chi connectivity index (χ0n) is 12.3. The van der Waals surface area contributed by atoms with Crippen molar-refractivity contribution >= 4 is 0 Å². The van der Waals surface area contributed by atoms with Crippen LogP contribution < -0.4 is 5.32 Å². The molecule has 0 radical (unpaired) electrons. The fourth-order valence-corrected chi connectivity index (χ4v) is 2.41. The molecule has 108 valence electrons. The van der Waals surface area contributed by atoms with E-state index in [-0.39, 0.29) is 0 Å². The fourth-order valence-electron chi connectivity index (χ4n) is 2.41. The van der Waals surface area contributed by atoms with Crippen LogP contribution in [0.2, 0.25) is 0 Å². The topological polar surface area (TPSA) is 37.6 Å². The first-order chi connectivity index (χ1) is 9.15. The van der Waals surface area contributed by atoms with Crippen LogP contribution in [-0.2, 0) is 17.8 Å². The van der Waals surface area contributed by atoms with Gasteiger partial charge in [0.2, 0.25) is 0 Å². The molecule has 0 saturated carbocycles.